The van der Waals surface area contributed by atoms with Gasteiger partial charge in [-0.2, -0.15) is 22.5 Å². The maximum absolute atomic E-state index is 13.7. The van der Waals surface area contributed by atoms with Gasteiger partial charge >= 0.3 is 0 Å². The quantitative estimate of drug-likeness (QED) is 0.668. The van der Waals surface area contributed by atoms with Gasteiger partial charge in [-0.1, -0.05) is 0 Å². The molecule has 1 unspecified atom stereocenters. The molecule has 0 aliphatic carbocycles. The van der Waals surface area contributed by atoms with Gasteiger partial charge in [-0.25, -0.2) is 13.1 Å². The van der Waals surface area contributed by atoms with Crippen molar-refractivity contribution in [3.05, 3.63) is 23.5 Å². The predicted octanol–water partition coefficient (Wildman–Crippen LogP) is 1.16. The number of piperidine rings is 1. The zero-order valence-corrected chi connectivity index (χ0v) is 11.9. The molecule has 2 rings (SSSR count). The largest absolute Gasteiger partial charge is 0.365 e. The van der Waals surface area contributed by atoms with Crippen LogP contribution < -0.4 is 9.62 Å². The minimum absolute atomic E-state index is 0.0934. The van der Waals surface area contributed by atoms with Gasteiger partial charge in [0.15, 0.2) is 0 Å². The van der Waals surface area contributed by atoms with Gasteiger partial charge in [0.05, 0.1) is 6.26 Å². The van der Waals surface area contributed by atoms with Gasteiger partial charge in [-0.05, 0) is 12.8 Å². The molecule has 5 nitrogen and oxygen atoms in total. The summed E-state index contributed by atoms with van der Waals surface area (Å²) in [5.74, 6) is -6.65. The highest BCUT2D eigenvalue weighted by Gasteiger charge is 2.30. The van der Waals surface area contributed by atoms with Crippen molar-refractivity contribution in [3.63, 3.8) is 0 Å². The highest BCUT2D eigenvalue weighted by Crippen LogP contribution is 2.28. The van der Waals surface area contributed by atoms with Gasteiger partial charge in [0.1, 0.15) is 5.69 Å². The van der Waals surface area contributed by atoms with Crippen molar-refractivity contribution >= 4 is 15.7 Å². The molecule has 1 aliphatic rings. The number of hydrogen-bond acceptors (Lipinski definition) is 4. The first-order valence-electron chi connectivity index (χ1n) is 6.11. The van der Waals surface area contributed by atoms with Gasteiger partial charge in [0.2, 0.25) is 21.7 Å². The Labute approximate surface area is 119 Å². The van der Waals surface area contributed by atoms with Crippen LogP contribution in [0.1, 0.15) is 12.8 Å². The second kappa shape index (κ2) is 5.76. The summed E-state index contributed by atoms with van der Waals surface area (Å²) >= 11 is 0. The molecule has 21 heavy (non-hydrogen) atoms. The molecule has 1 saturated heterocycles. The van der Waals surface area contributed by atoms with Crippen LogP contribution in [-0.2, 0) is 10.0 Å². The van der Waals surface area contributed by atoms with Crippen molar-refractivity contribution in [2.24, 2.45) is 0 Å². The predicted molar refractivity (Wildman–Crippen MR) is 67.3 cm³/mol. The number of anilines is 1. The number of pyridine rings is 1. The van der Waals surface area contributed by atoms with E-state index in [0.717, 1.165) is 11.2 Å². The van der Waals surface area contributed by atoms with Gasteiger partial charge in [0.25, 0.3) is 11.9 Å². The van der Waals surface area contributed by atoms with Crippen molar-refractivity contribution in [2.45, 2.75) is 18.9 Å². The Morgan fingerprint density at radius 3 is 2.29 bits per heavy atom. The standard InChI is InChI=1S/C11H13F4N3O2S/c1-21(19,20)17-6-3-2-4-18(5-6)9-7(12)10(14)16-11(15)8(9)13/h6,17H,2-5H2,1H3. The summed E-state index contributed by atoms with van der Waals surface area (Å²) in [5.41, 5.74) is -0.861. The SMILES string of the molecule is CS(=O)(=O)NC1CCCN(c2c(F)c(F)nc(F)c2F)C1. The topological polar surface area (TPSA) is 62.3 Å². The molecule has 0 radical (unpaired) electrons. The number of halogens is 4. The van der Waals surface area contributed by atoms with Crippen molar-refractivity contribution in [2.75, 3.05) is 24.2 Å². The van der Waals surface area contributed by atoms with Crippen LogP contribution in [0.5, 0.6) is 0 Å². The van der Waals surface area contributed by atoms with E-state index in [1.54, 1.807) is 0 Å². The first-order chi connectivity index (χ1) is 9.69. The van der Waals surface area contributed by atoms with E-state index in [-0.39, 0.29) is 13.1 Å². The summed E-state index contributed by atoms with van der Waals surface area (Å²) in [6, 6.07) is -0.591. The third kappa shape index (κ3) is 3.62. The second-order valence-electron chi connectivity index (χ2n) is 4.85. The fourth-order valence-corrected chi connectivity index (χ4v) is 3.13. The van der Waals surface area contributed by atoms with E-state index in [9.17, 15) is 26.0 Å². The van der Waals surface area contributed by atoms with Gasteiger partial charge in [0, 0.05) is 19.1 Å². The number of nitrogens with one attached hydrogen (secondary N) is 1. The van der Waals surface area contributed by atoms with Crippen LogP contribution in [0.3, 0.4) is 0 Å². The molecular weight excluding hydrogens is 314 g/mol. The van der Waals surface area contributed by atoms with Crippen LogP contribution in [-0.4, -0.2) is 38.8 Å². The molecule has 0 saturated carbocycles. The van der Waals surface area contributed by atoms with Crippen LogP contribution >= 0.6 is 0 Å². The maximum Gasteiger partial charge on any atom is 0.253 e. The van der Waals surface area contributed by atoms with Crippen LogP contribution in [0.25, 0.3) is 0 Å². The van der Waals surface area contributed by atoms with Gasteiger partial charge < -0.3 is 4.90 Å². The van der Waals surface area contributed by atoms with Crippen molar-refractivity contribution in [3.8, 4) is 0 Å². The minimum atomic E-state index is -3.49. The Morgan fingerprint density at radius 2 is 1.76 bits per heavy atom. The Kier molecular flexibility index (Phi) is 4.38. The van der Waals surface area contributed by atoms with E-state index in [4.69, 9.17) is 0 Å². The Bertz CT molecular complexity index is 627. The molecule has 1 aromatic rings. The molecule has 1 fully saturated rings. The smallest absolute Gasteiger partial charge is 0.253 e. The highest BCUT2D eigenvalue weighted by atomic mass is 32.2. The third-order valence-corrected chi connectivity index (χ3v) is 3.85. The fraction of sp³-hybridized carbons (Fsp3) is 0.545. The van der Waals surface area contributed by atoms with Crippen LogP contribution in [0.4, 0.5) is 23.2 Å². The van der Waals surface area contributed by atoms with Crippen LogP contribution in [0.15, 0.2) is 0 Å². The Hall–Kier alpha value is -1.42. The Balaban J connectivity index is 2.30. The molecule has 0 aromatic carbocycles. The lowest BCUT2D eigenvalue weighted by Crippen LogP contribution is -2.48. The number of aromatic nitrogens is 1. The maximum atomic E-state index is 13.7. The van der Waals surface area contributed by atoms with Crippen molar-refractivity contribution < 1.29 is 26.0 Å². The molecule has 0 bridgehead atoms. The van der Waals surface area contributed by atoms with Gasteiger partial charge in [-0.3, -0.25) is 0 Å². The normalized spacial score (nSPS) is 19.9. The fourth-order valence-electron chi connectivity index (χ4n) is 2.33. The molecule has 1 aliphatic heterocycles. The summed E-state index contributed by atoms with van der Waals surface area (Å²) in [6.45, 7) is 0.0580. The summed E-state index contributed by atoms with van der Waals surface area (Å²) in [7, 11) is -3.49. The molecule has 1 N–H and O–H groups in total. The summed E-state index contributed by atoms with van der Waals surface area (Å²) < 4.78 is 78.2. The monoisotopic (exact) mass is 327 g/mol. The lowest BCUT2D eigenvalue weighted by molar-refractivity contribution is 0.396. The molecule has 1 atom stereocenters. The molecule has 0 spiro atoms. The molecule has 2 heterocycles. The first kappa shape index (κ1) is 16.0. The van der Waals surface area contributed by atoms with E-state index in [0.29, 0.717) is 12.8 Å². The van der Waals surface area contributed by atoms with Gasteiger partial charge in [-0.15, -0.1) is 0 Å². The third-order valence-electron chi connectivity index (χ3n) is 3.09. The molecule has 1 aromatic heterocycles. The number of sulfonamides is 1. The highest BCUT2D eigenvalue weighted by molar-refractivity contribution is 7.88. The average molecular weight is 327 g/mol. The van der Waals surface area contributed by atoms with E-state index >= 15 is 0 Å². The lowest BCUT2D eigenvalue weighted by atomic mass is 10.1. The lowest BCUT2D eigenvalue weighted by Gasteiger charge is -2.34. The minimum Gasteiger partial charge on any atom is -0.365 e. The number of nitrogens with zero attached hydrogens (tertiary/aromatic N) is 2. The van der Waals surface area contributed by atoms with Crippen molar-refractivity contribution in [1.29, 1.82) is 0 Å². The molecule has 0 amide bonds. The van der Waals surface area contributed by atoms with E-state index < -0.39 is 45.3 Å². The average Bonchev–Trinajstić information content (AvgIpc) is 2.35. The van der Waals surface area contributed by atoms with E-state index in [1.807, 2.05) is 0 Å². The van der Waals surface area contributed by atoms with E-state index in [2.05, 4.69) is 9.71 Å². The van der Waals surface area contributed by atoms with Crippen LogP contribution in [0, 0.1) is 23.5 Å². The van der Waals surface area contributed by atoms with Crippen molar-refractivity contribution in [1.82, 2.24) is 9.71 Å². The molecule has 118 valence electrons. The zero-order chi connectivity index (χ0) is 15.8. The van der Waals surface area contributed by atoms with Crippen LogP contribution in [0.2, 0.25) is 0 Å². The molecular formula is C11H13F4N3O2S. The Morgan fingerprint density at radius 1 is 1.19 bits per heavy atom. The first-order valence-corrected chi connectivity index (χ1v) is 8.00. The number of rotatable bonds is 3. The van der Waals surface area contributed by atoms with E-state index in [1.165, 1.54) is 0 Å². The number of hydrogen-bond donors (Lipinski definition) is 1. The summed E-state index contributed by atoms with van der Waals surface area (Å²) in [4.78, 5) is 3.56. The summed E-state index contributed by atoms with van der Waals surface area (Å²) in [6.07, 6.45) is 1.83. The summed E-state index contributed by atoms with van der Waals surface area (Å²) in [5, 5.41) is 0. The zero-order valence-electron chi connectivity index (χ0n) is 11.0. The second-order valence-corrected chi connectivity index (χ2v) is 6.63. The molecule has 10 heteroatoms.